The molecule has 1 saturated carbocycles. The van der Waals surface area contributed by atoms with Gasteiger partial charge < -0.3 is 19.9 Å². The molecule has 4 aromatic rings. The highest BCUT2D eigenvalue weighted by atomic mass is 19.4. The van der Waals surface area contributed by atoms with Crippen molar-refractivity contribution in [3.8, 4) is 0 Å². The molecule has 0 spiro atoms. The highest BCUT2D eigenvalue weighted by Gasteiger charge is 2.31. The number of alkyl halides is 3. The van der Waals surface area contributed by atoms with Crippen molar-refractivity contribution >= 4 is 28.9 Å². The zero-order valence-corrected chi connectivity index (χ0v) is 22.8. The molecule has 0 amide bonds. The number of benzene rings is 2. The maximum Gasteiger partial charge on any atom is 0.416 e. The van der Waals surface area contributed by atoms with E-state index < -0.39 is 17.7 Å². The van der Waals surface area contributed by atoms with E-state index in [4.69, 9.17) is 4.74 Å². The molecule has 2 aromatic heterocycles. The summed E-state index contributed by atoms with van der Waals surface area (Å²) in [6, 6.07) is 10.6. The molecule has 0 saturated heterocycles. The predicted octanol–water partition coefficient (Wildman–Crippen LogP) is 6.59. The maximum atomic E-state index is 13.5. The minimum absolute atomic E-state index is 0.0383. The number of hydrogen-bond acceptors (Lipinski definition) is 7. The number of carbonyl (C=O) groups is 1. The van der Waals surface area contributed by atoms with Crippen LogP contribution in [0.1, 0.15) is 66.5 Å². The van der Waals surface area contributed by atoms with Crippen molar-refractivity contribution in [3.63, 3.8) is 0 Å². The van der Waals surface area contributed by atoms with E-state index in [1.807, 2.05) is 13.8 Å². The Bertz CT molecular complexity index is 1530. The molecule has 41 heavy (non-hydrogen) atoms. The molecule has 0 bridgehead atoms. The SMILES string of the molecule is COC(=O)c1nc(N[C@H](C)C2CCC2)c2c(n1)nc(N[C@H](C)c1ccc(F)cc1)n2Cc1ccc(C(F)(F)F)cc1. The number of fused-ring (bicyclic) bond motifs is 1. The number of esters is 1. The predicted molar refractivity (Wildman–Crippen MR) is 146 cm³/mol. The number of anilines is 2. The van der Waals surface area contributed by atoms with Crippen LogP contribution >= 0.6 is 0 Å². The fraction of sp³-hybridized carbons (Fsp3) is 0.379. The van der Waals surface area contributed by atoms with Gasteiger partial charge in [-0.2, -0.15) is 18.2 Å². The van der Waals surface area contributed by atoms with Crippen molar-refractivity contribution in [1.29, 1.82) is 0 Å². The molecule has 5 rings (SSSR count). The molecule has 1 fully saturated rings. The summed E-state index contributed by atoms with van der Waals surface area (Å²) in [7, 11) is 1.24. The van der Waals surface area contributed by atoms with E-state index in [9.17, 15) is 22.4 Å². The molecule has 2 atom stereocenters. The minimum atomic E-state index is -4.45. The topological polar surface area (TPSA) is 94.0 Å². The summed E-state index contributed by atoms with van der Waals surface area (Å²) in [5, 5.41) is 6.75. The first kappa shape index (κ1) is 28.3. The van der Waals surface area contributed by atoms with Crippen LogP contribution in [0.2, 0.25) is 0 Å². The third-order valence-electron chi connectivity index (χ3n) is 7.53. The van der Waals surface area contributed by atoms with E-state index in [0.717, 1.165) is 37.0 Å². The third-order valence-corrected chi connectivity index (χ3v) is 7.53. The van der Waals surface area contributed by atoms with Gasteiger partial charge in [0, 0.05) is 6.04 Å². The maximum absolute atomic E-state index is 13.5. The largest absolute Gasteiger partial charge is 0.463 e. The highest BCUT2D eigenvalue weighted by Crippen LogP contribution is 2.34. The Kier molecular flexibility index (Phi) is 7.83. The van der Waals surface area contributed by atoms with Crippen molar-refractivity contribution in [3.05, 3.63) is 76.9 Å². The molecule has 2 aromatic carbocycles. The van der Waals surface area contributed by atoms with Gasteiger partial charge in [0.15, 0.2) is 11.5 Å². The van der Waals surface area contributed by atoms with Gasteiger partial charge in [-0.25, -0.2) is 19.2 Å². The van der Waals surface area contributed by atoms with Crippen LogP contribution in [-0.2, 0) is 17.5 Å². The molecule has 12 heteroatoms. The standard InChI is InChI=1S/C29H30F4N6O2/c1-16(19-5-4-6-19)34-24-23-25(37-26(36-24)27(40)41-3)38-28(35-17(2)20-9-13-22(30)14-10-20)39(23)15-18-7-11-21(12-8-18)29(31,32)33/h7-14,16-17,19H,4-6,15H2,1-3H3,(H2,34,35,36,37,38)/t16-,17-/m1/s1. The monoisotopic (exact) mass is 570 g/mol. The summed E-state index contributed by atoms with van der Waals surface area (Å²) in [4.78, 5) is 26.0. The van der Waals surface area contributed by atoms with Crippen LogP contribution in [0.4, 0.5) is 29.3 Å². The lowest BCUT2D eigenvalue weighted by molar-refractivity contribution is -0.137. The molecular formula is C29H30F4N6O2. The van der Waals surface area contributed by atoms with Gasteiger partial charge in [0.1, 0.15) is 11.3 Å². The van der Waals surface area contributed by atoms with Crippen LogP contribution < -0.4 is 10.6 Å². The van der Waals surface area contributed by atoms with E-state index in [1.165, 1.54) is 31.4 Å². The third kappa shape index (κ3) is 6.10. The number of rotatable bonds is 9. The van der Waals surface area contributed by atoms with E-state index in [0.29, 0.717) is 28.8 Å². The van der Waals surface area contributed by atoms with Gasteiger partial charge in [-0.3, -0.25) is 0 Å². The Hall–Kier alpha value is -4.22. The van der Waals surface area contributed by atoms with Crippen molar-refractivity contribution in [1.82, 2.24) is 19.5 Å². The van der Waals surface area contributed by atoms with Gasteiger partial charge >= 0.3 is 12.1 Å². The molecular weight excluding hydrogens is 540 g/mol. The highest BCUT2D eigenvalue weighted by molar-refractivity contribution is 5.92. The first-order chi connectivity index (χ1) is 19.5. The lowest BCUT2D eigenvalue weighted by Crippen LogP contribution is -2.31. The second-order valence-electron chi connectivity index (χ2n) is 10.3. The first-order valence-electron chi connectivity index (χ1n) is 13.3. The summed E-state index contributed by atoms with van der Waals surface area (Å²) in [5.41, 5.74) is 1.33. The molecule has 216 valence electrons. The van der Waals surface area contributed by atoms with Crippen molar-refractivity contribution in [2.45, 2.75) is 57.9 Å². The zero-order valence-electron chi connectivity index (χ0n) is 22.8. The van der Waals surface area contributed by atoms with E-state index in [1.54, 1.807) is 16.7 Å². The number of imidazole rings is 1. The number of ether oxygens (including phenoxy) is 1. The van der Waals surface area contributed by atoms with Gasteiger partial charge in [0.05, 0.1) is 25.3 Å². The van der Waals surface area contributed by atoms with E-state index in [-0.39, 0.29) is 35.9 Å². The summed E-state index contributed by atoms with van der Waals surface area (Å²) in [6.45, 7) is 4.06. The van der Waals surface area contributed by atoms with Crippen LogP contribution in [0, 0.1) is 11.7 Å². The number of nitrogens with zero attached hydrogens (tertiary/aromatic N) is 4. The number of hydrogen-bond donors (Lipinski definition) is 2. The normalized spacial score (nSPS) is 15.3. The van der Waals surface area contributed by atoms with Crippen molar-refractivity contribution in [2.24, 2.45) is 5.92 Å². The molecule has 2 heterocycles. The molecule has 1 aliphatic rings. The van der Waals surface area contributed by atoms with Crippen LogP contribution in [-0.4, -0.2) is 38.6 Å². The van der Waals surface area contributed by atoms with Gasteiger partial charge in [-0.15, -0.1) is 0 Å². The number of halogens is 4. The minimum Gasteiger partial charge on any atom is -0.463 e. The molecule has 0 aliphatic heterocycles. The average molecular weight is 571 g/mol. The average Bonchev–Trinajstić information content (AvgIpc) is 3.23. The van der Waals surface area contributed by atoms with E-state index >= 15 is 0 Å². The van der Waals surface area contributed by atoms with Crippen LogP contribution in [0.5, 0.6) is 0 Å². The number of nitrogens with one attached hydrogen (secondary N) is 2. The fourth-order valence-corrected chi connectivity index (χ4v) is 4.87. The Morgan fingerprint density at radius 1 is 1.02 bits per heavy atom. The Balaban J connectivity index is 1.61. The van der Waals surface area contributed by atoms with Gasteiger partial charge in [-0.05, 0) is 68.0 Å². The molecule has 8 nitrogen and oxygen atoms in total. The lowest BCUT2D eigenvalue weighted by atomic mass is 9.80. The van der Waals surface area contributed by atoms with Crippen molar-refractivity contribution < 1.29 is 27.1 Å². The lowest BCUT2D eigenvalue weighted by Gasteiger charge is -2.32. The molecule has 2 N–H and O–H groups in total. The smallest absolute Gasteiger partial charge is 0.416 e. The second-order valence-corrected chi connectivity index (χ2v) is 10.3. The van der Waals surface area contributed by atoms with Crippen LogP contribution in [0.25, 0.3) is 11.2 Å². The molecule has 1 aliphatic carbocycles. The van der Waals surface area contributed by atoms with E-state index in [2.05, 4.69) is 25.6 Å². The second kappa shape index (κ2) is 11.3. The van der Waals surface area contributed by atoms with Crippen molar-refractivity contribution in [2.75, 3.05) is 17.7 Å². The summed E-state index contributed by atoms with van der Waals surface area (Å²) in [6.07, 6.45) is -1.17. The Labute approximate surface area is 234 Å². The van der Waals surface area contributed by atoms with Gasteiger partial charge in [-0.1, -0.05) is 30.7 Å². The quantitative estimate of drug-likeness (QED) is 0.173. The number of aromatic nitrogens is 4. The molecule has 0 radical (unpaired) electrons. The molecule has 0 unspecified atom stereocenters. The summed E-state index contributed by atoms with van der Waals surface area (Å²) in [5.74, 6) is -0.0937. The Morgan fingerprint density at radius 2 is 1.71 bits per heavy atom. The first-order valence-corrected chi connectivity index (χ1v) is 13.3. The van der Waals surface area contributed by atoms with Gasteiger partial charge in [0.25, 0.3) is 0 Å². The zero-order chi connectivity index (χ0) is 29.3. The fourth-order valence-electron chi connectivity index (χ4n) is 4.87. The Morgan fingerprint density at radius 3 is 2.29 bits per heavy atom. The summed E-state index contributed by atoms with van der Waals surface area (Å²) < 4.78 is 59.7. The number of methoxy groups -OCH3 is 1. The summed E-state index contributed by atoms with van der Waals surface area (Å²) >= 11 is 0. The van der Waals surface area contributed by atoms with Crippen LogP contribution in [0.15, 0.2) is 48.5 Å². The van der Waals surface area contributed by atoms with Gasteiger partial charge in [0.2, 0.25) is 11.8 Å². The number of carbonyl (C=O) groups excluding carboxylic acids is 1. The van der Waals surface area contributed by atoms with Crippen LogP contribution in [0.3, 0.4) is 0 Å².